The molecule has 10 aromatic rings. The van der Waals surface area contributed by atoms with Crippen LogP contribution in [0.4, 0.5) is 22.7 Å². The maximum absolute atomic E-state index is 13.8. The lowest BCUT2D eigenvalue weighted by molar-refractivity contribution is -0.141. The number of amides is 5. The van der Waals surface area contributed by atoms with E-state index in [1.54, 1.807) is 21.8 Å². The summed E-state index contributed by atoms with van der Waals surface area (Å²) in [7, 11) is 4.34. The molecule has 0 bridgehead atoms. The topological polar surface area (TPSA) is 329 Å². The van der Waals surface area contributed by atoms with Gasteiger partial charge >= 0.3 is 0 Å². The zero-order chi connectivity index (χ0) is 75.9. The Morgan fingerprint density at radius 3 is 1.70 bits per heavy atom. The molecule has 572 valence electrons. The van der Waals surface area contributed by atoms with Crippen LogP contribution in [0.1, 0.15) is 85.5 Å². The molecule has 29 heteroatoms. The third-order valence-electron chi connectivity index (χ3n) is 20.3. The van der Waals surface area contributed by atoms with Crippen molar-refractivity contribution < 1.29 is 33.4 Å². The van der Waals surface area contributed by atoms with E-state index in [0.29, 0.717) is 114 Å². The van der Waals surface area contributed by atoms with Gasteiger partial charge in [-0.15, -0.1) is 10.2 Å². The minimum Gasteiger partial charge on any atom is -0.494 e. The average molecular weight is 1490 g/mol. The molecule has 0 unspecified atom stereocenters. The molecule has 5 amide bonds. The van der Waals surface area contributed by atoms with Crippen LogP contribution in [0, 0.1) is 0 Å². The number of carbonyl (C=O) groups is 5. The second-order valence-electron chi connectivity index (χ2n) is 28.8. The number of rotatable bonds is 36. The van der Waals surface area contributed by atoms with Crippen molar-refractivity contribution in [3.05, 3.63) is 167 Å². The van der Waals surface area contributed by atoms with Gasteiger partial charge in [0.25, 0.3) is 0 Å². The number of primary amides is 1. The Labute approximate surface area is 638 Å². The van der Waals surface area contributed by atoms with Gasteiger partial charge in [0.2, 0.25) is 29.5 Å². The van der Waals surface area contributed by atoms with Crippen LogP contribution in [-0.2, 0) is 63.0 Å². The number of H-pyrrole nitrogens is 2. The van der Waals surface area contributed by atoms with Crippen molar-refractivity contribution in [3.8, 4) is 34.3 Å². The van der Waals surface area contributed by atoms with Gasteiger partial charge in [-0.1, -0.05) is 47.7 Å². The highest BCUT2D eigenvalue weighted by atomic mass is 16.5. The van der Waals surface area contributed by atoms with Crippen molar-refractivity contribution >= 4 is 85.8 Å². The Bertz CT molecular complexity index is 4980. The Morgan fingerprint density at radius 1 is 0.545 bits per heavy atom. The lowest BCUT2D eigenvalue weighted by Crippen LogP contribution is -2.47. The zero-order valence-corrected chi connectivity index (χ0v) is 62.8. The standard InChI is InChI=1S/C81H96N22O7/c1-4-27-100(78(107)49-83-48-61-51-102(94-92-61)28-9-25-84-77(106)16-8-39-110-66-14-6-12-57(43-66)80-88-69-22-18-58(44-73(69)90-80)81-89-70-24-20-64(47-74(70)91-81)99-36-32-97(3)33-37-99)54-79(108)101(53-75(82)104)50-62-52-103(95-93-62)29-10-26-85-76(105)15-7-38-109-65-13-5-11-55(42-65)71-45-59-40-56(17-21-67(59)86-71)72-46-60-41-63(19-23-68(60)87-72)98-34-30-96(2)31-35-98/h5-6,11-14,17-24,40-44,47,51-52,83H,4,7-10,15-16,25-39,45-46,48-50,53-54H2,1-3H3,(H2,82,104)(H,84,106)(H,85,105)(H,88,90)(H,89,91). The highest BCUT2D eigenvalue weighted by molar-refractivity contribution is 6.10. The van der Waals surface area contributed by atoms with Crippen LogP contribution < -0.4 is 41.0 Å². The van der Waals surface area contributed by atoms with Gasteiger partial charge < -0.3 is 70.5 Å². The summed E-state index contributed by atoms with van der Waals surface area (Å²) in [4.78, 5) is 104. The van der Waals surface area contributed by atoms with Crippen molar-refractivity contribution in [1.29, 1.82) is 0 Å². The number of nitrogens with two attached hydrogens (primary N) is 1. The zero-order valence-electron chi connectivity index (χ0n) is 62.8. The van der Waals surface area contributed by atoms with E-state index >= 15 is 0 Å². The Balaban J connectivity index is 0.445. The number of ether oxygens (including phenoxy) is 2. The average Bonchev–Trinajstić information content (AvgIpc) is 1.64. The molecule has 6 aromatic carbocycles. The van der Waals surface area contributed by atoms with Gasteiger partial charge in [-0.05, 0) is 159 Å². The quantitative estimate of drug-likeness (QED) is 0.0208. The van der Waals surface area contributed by atoms with E-state index in [1.807, 2.05) is 61.5 Å². The molecule has 0 aliphatic carbocycles. The Morgan fingerprint density at radius 2 is 1.07 bits per heavy atom. The summed E-state index contributed by atoms with van der Waals surface area (Å²) in [5.41, 5.74) is 23.3. The van der Waals surface area contributed by atoms with E-state index in [2.05, 4.69) is 147 Å². The number of nitrogens with one attached hydrogen (secondary N) is 5. The summed E-state index contributed by atoms with van der Waals surface area (Å²) in [6.07, 6.45) is 8.43. The van der Waals surface area contributed by atoms with Crippen molar-refractivity contribution in [2.45, 2.75) is 90.9 Å². The highest BCUT2D eigenvalue weighted by Gasteiger charge is 2.27. The molecule has 0 saturated carbocycles. The molecule has 8 heterocycles. The number of aromatic nitrogens is 10. The molecular formula is C81H96N22O7. The summed E-state index contributed by atoms with van der Waals surface area (Å²) in [5.74, 6) is 1.26. The normalized spacial score (nSPS) is 14.4. The number of likely N-dealkylation sites (N-methyl/N-ethyl adjacent to an activating group) is 2. The lowest BCUT2D eigenvalue weighted by atomic mass is 9.98. The predicted octanol–water partition coefficient (Wildman–Crippen LogP) is 7.39. The van der Waals surface area contributed by atoms with Gasteiger partial charge in [0.15, 0.2) is 0 Å². The fraction of sp³-hybridized carbons (Fsp3) is 0.395. The van der Waals surface area contributed by atoms with Crippen LogP contribution >= 0.6 is 0 Å². The van der Waals surface area contributed by atoms with E-state index < -0.39 is 11.8 Å². The number of hydrogen-bond acceptors (Lipinski definition) is 20. The number of hydrogen-bond donors (Lipinski definition) is 6. The molecule has 7 N–H and O–H groups in total. The smallest absolute Gasteiger partial charge is 0.243 e. The molecular weight excluding hydrogens is 1390 g/mol. The van der Waals surface area contributed by atoms with E-state index in [9.17, 15) is 24.0 Å². The van der Waals surface area contributed by atoms with Crippen molar-refractivity contribution in [3.63, 3.8) is 0 Å². The van der Waals surface area contributed by atoms with Crippen LogP contribution in [-0.4, -0.2) is 229 Å². The third-order valence-corrected chi connectivity index (χ3v) is 20.3. The third kappa shape index (κ3) is 19.6. The summed E-state index contributed by atoms with van der Waals surface area (Å²) in [5, 5.41) is 26.0. The highest BCUT2D eigenvalue weighted by Crippen LogP contribution is 2.37. The second kappa shape index (κ2) is 35.6. The number of carbonyl (C=O) groups excluding carboxylic acids is 5. The summed E-state index contributed by atoms with van der Waals surface area (Å²) >= 11 is 0. The molecule has 0 radical (unpaired) electrons. The predicted molar refractivity (Wildman–Crippen MR) is 423 cm³/mol. The molecule has 0 spiro atoms. The largest absolute Gasteiger partial charge is 0.494 e. The van der Waals surface area contributed by atoms with E-state index in [4.69, 9.17) is 35.2 Å². The molecule has 4 aliphatic rings. The van der Waals surface area contributed by atoms with Gasteiger partial charge in [-0.3, -0.25) is 43.3 Å². The summed E-state index contributed by atoms with van der Waals surface area (Å²) < 4.78 is 15.5. The van der Waals surface area contributed by atoms with Crippen molar-refractivity contribution in [2.24, 2.45) is 15.7 Å². The van der Waals surface area contributed by atoms with E-state index in [-0.39, 0.29) is 50.4 Å². The fourth-order valence-electron chi connectivity index (χ4n) is 14.2. The molecule has 110 heavy (non-hydrogen) atoms. The van der Waals surface area contributed by atoms with Crippen molar-refractivity contribution in [1.82, 2.24) is 85.5 Å². The SMILES string of the molecule is CCCN(CC(=O)N(CC(N)=O)Cc1cn(CCCNC(=O)CCCOc2cccc(C3=Nc4ccc(C5=Nc6ccc(N7CCN(C)CC7)cc6C5)cc4C3)c2)nn1)C(=O)CNCc1cn(CCCNC(=O)CCCOc2cccc(-c3nc4ccc(-c5nc6ccc(N7CCN(C)CC7)cc6[nH]5)cc4[nH]3)c2)nn1. The molecule has 2 saturated heterocycles. The first-order valence-electron chi connectivity index (χ1n) is 38.2. The maximum Gasteiger partial charge on any atom is 0.243 e. The van der Waals surface area contributed by atoms with Gasteiger partial charge in [0, 0.05) is 146 Å². The molecule has 0 atom stereocenters. The van der Waals surface area contributed by atoms with Crippen LogP contribution in [0.2, 0.25) is 0 Å². The molecule has 14 rings (SSSR count). The lowest BCUT2D eigenvalue weighted by Gasteiger charge is -2.34. The van der Waals surface area contributed by atoms with Gasteiger partial charge in [-0.2, -0.15) is 0 Å². The number of benzene rings is 6. The minimum absolute atomic E-state index is 0.0537. The number of imidazole rings is 2. The second-order valence-corrected chi connectivity index (χ2v) is 28.8. The monoisotopic (exact) mass is 1490 g/mol. The fourth-order valence-corrected chi connectivity index (χ4v) is 14.2. The van der Waals surface area contributed by atoms with Crippen molar-refractivity contribution in [2.75, 3.05) is 129 Å². The van der Waals surface area contributed by atoms with Crippen LogP contribution in [0.3, 0.4) is 0 Å². The number of aromatic amines is 2. The number of aliphatic imine (C=N–C) groups is 2. The molecule has 4 aliphatic heterocycles. The van der Waals surface area contributed by atoms with Gasteiger partial charge in [-0.25, -0.2) is 9.97 Å². The minimum atomic E-state index is -0.716. The number of aryl methyl sites for hydroxylation is 2. The number of nitrogens with zero attached hydrogens (tertiary/aromatic N) is 16. The first kappa shape index (κ1) is 75.1. The van der Waals surface area contributed by atoms with Crippen LogP contribution in [0.25, 0.3) is 44.8 Å². The number of anilines is 2. The first-order chi connectivity index (χ1) is 53.6. The Kier molecular flexibility index (Phi) is 24.3. The summed E-state index contributed by atoms with van der Waals surface area (Å²) in [6, 6.07) is 41.4. The van der Waals surface area contributed by atoms with E-state index in [1.165, 1.54) is 32.3 Å². The molecule has 29 nitrogen and oxygen atoms in total. The Hall–Kier alpha value is -11.7. The first-order valence-corrected chi connectivity index (χ1v) is 38.2. The molecule has 2 fully saturated rings. The van der Waals surface area contributed by atoms with Crippen LogP contribution in [0.5, 0.6) is 11.5 Å². The summed E-state index contributed by atoms with van der Waals surface area (Å²) in [6.45, 7) is 12.5. The maximum atomic E-state index is 13.8. The number of fused-ring (bicyclic) bond motifs is 4. The van der Waals surface area contributed by atoms with Crippen LogP contribution in [0.15, 0.2) is 144 Å². The van der Waals surface area contributed by atoms with E-state index in [0.717, 1.165) is 143 Å². The molecule has 4 aromatic heterocycles. The van der Waals surface area contributed by atoms with Gasteiger partial charge in [0.1, 0.15) is 28.8 Å². The number of piperazine rings is 2. The van der Waals surface area contributed by atoms with Gasteiger partial charge in [0.05, 0.1) is 96.1 Å².